The molecule has 0 aromatic rings. The molecule has 0 radical (unpaired) electrons. The maximum absolute atomic E-state index is 7.17. The average Bonchev–Trinajstić information content (AvgIpc) is 2.79. The fourth-order valence-electron chi connectivity index (χ4n) is 4.75. The first-order valence-corrected chi connectivity index (χ1v) is 14.6. The van der Waals surface area contributed by atoms with Crippen LogP contribution in [0.4, 0.5) is 0 Å². The first-order chi connectivity index (χ1) is 14.6. The molecule has 176 valence electrons. The van der Waals surface area contributed by atoms with Crippen molar-refractivity contribution in [1.82, 2.24) is 0 Å². The molecule has 0 aliphatic heterocycles. The lowest BCUT2D eigenvalue weighted by Crippen LogP contribution is -2.54. The topological polar surface area (TPSA) is 46.2 Å². The molecular formula is C25H42O5Si. The maximum atomic E-state index is 7.17. The van der Waals surface area contributed by atoms with Crippen molar-refractivity contribution in [2.45, 2.75) is 76.8 Å². The fourth-order valence-corrected chi connectivity index (χ4v) is 6.12. The van der Waals surface area contributed by atoms with Crippen LogP contribution < -0.4 is 0 Å². The van der Waals surface area contributed by atoms with E-state index in [0.29, 0.717) is 25.9 Å². The lowest BCUT2D eigenvalue weighted by atomic mass is 9.60. The number of allylic oxidation sites excluding steroid dienone is 1. The smallest absolute Gasteiger partial charge is 0.192 e. The summed E-state index contributed by atoms with van der Waals surface area (Å²) < 4.78 is 29.5. The molecule has 0 N–H and O–H groups in total. The zero-order chi connectivity index (χ0) is 22.7. The van der Waals surface area contributed by atoms with Crippen LogP contribution in [0.1, 0.15) is 46.5 Å². The van der Waals surface area contributed by atoms with Gasteiger partial charge in [0.1, 0.15) is 12.6 Å². The highest BCUT2D eigenvalue weighted by Crippen LogP contribution is 2.56. The second-order valence-electron chi connectivity index (χ2n) is 10.6. The lowest BCUT2D eigenvalue weighted by Gasteiger charge is -2.53. The predicted molar refractivity (Wildman–Crippen MR) is 126 cm³/mol. The Morgan fingerprint density at radius 3 is 2.58 bits per heavy atom. The molecule has 0 heterocycles. The second-order valence-corrected chi connectivity index (χ2v) is 15.4. The molecule has 3 rings (SSSR count). The van der Waals surface area contributed by atoms with E-state index >= 15 is 0 Å². The number of rotatable bonds is 9. The van der Waals surface area contributed by atoms with E-state index in [1.165, 1.54) is 5.57 Å². The summed E-state index contributed by atoms with van der Waals surface area (Å²) in [6.45, 7) is 13.1. The average molecular weight is 451 g/mol. The van der Waals surface area contributed by atoms with Gasteiger partial charge in [0.05, 0.1) is 32.5 Å². The summed E-state index contributed by atoms with van der Waals surface area (Å²) in [4.78, 5) is 0. The van der Waals surface area contributed by atoms with Crippen LogP contribution in [-0.2, 0) is 23.4 Å². The van der Waals surface area contributed by atoms with Gasteiger partial charge in [0.15, 0.2) is 8.32 Å². The Morgan fingerprint density at radius 2 is 1.90 bits per heavy atom. The molecule has 0 unspecified atom stereocenters. The molecule has 3 aliphatic rings. The van der Waals surface area contributed by atoms with E-state index < -0.39 is 8.32 Å². The molecule has 0 amide bonds. The van der Waals surface area contributed by atoms with Crippen molar-refractivity contribution < 1.29 is 23.4 Å². The quantitative estimate of drug-likeness (QED) is 0.198. The van der Waals surface area contributed by atoms with E-state index in [2.05, 4.69) is 58.2 Å². The molecule has 0 saturated heterocycles. The number of fused-ring (bicyclic) bond motifs is 1. The van der Waals surface area contributed by atoms with E-state index in [4.69, 9.17) is 23.4 Å². The summed E-state index contributed by atoms with van der Waals surface area (Å²) in [5.74, 6) is 1.35. The Hall–Kier alpha value is -0.923. The highest BCUT2D eigenvalue weighted by Gasteiger charge is 2.53. The predicted octanol–water partition coefficient (Wildman–Crippen LogP) is 5.60. The van der Waals surface area contributed by atoms with Gasteiger partial charge in [0.2, 0.25) is 0 Å². The van der Waals surface area contributed by atoms with Gasteiger partial charge in [-0.05, 0) is 56.0 Å². The summed E-state index contributed by atoms with van der Waals surface area (Å²) in [6.07, 6.45) is 13.5. The molecule has 6 heteroatoms. The Balaban J connectivity index is 1.87. The van der Waals surface area contributed by atoms with Crippen LogP contribution in [0, 0.1) is 11.3 Å². The summed E-state index contributed by atoms with van der Waals surface area (Å²) >= 11 is 0. The van der Waals surface area contributed by atoms with E-state index in [9.17, 15) is 0 Å². The molecule has 1 saturated carbocycles. The van der Waals surface area contributed by atoms with Crippen molar-refractivity contribution in [3.8, 4) is 0 Å². The monoisotopic (exact) mass is 450 g/mol. The van der Waals surface area contributed by atoms with Crippen LogP contribution >= 0.6 is 0 Å². The summed E-state index contributed by atoms with van der Waals surface area (Å²) in [6, 6.07) is 0. The minimum atomic E-state index is -1.94. The zero-order valence-electron chi connectivity index (χ0n) is 20.5. The summed E-state index contributed by atoms with van der Waals surface area (Å²) in [5, 5.41) is 0.172. The largest absolute Gasteiger partial charge is 0.497 e. The van der Waals surface area contributed by atoms with Gasteiger partial charge in [-0.25, -0.2) is 0 Å². The van der Waals surface area contributed by atoms with Gasteiger partial charge in [-0.2, -0.15) is 0 Å². The molecular weight excluding hydrogens is 408 g/mol. The molecule has 31 heavy (non-hydrogen) atoms. The van der Waals surface area contributed by atoms with Crippen molar-refractivity contribution in [2.24, 2.45) is 11.3 Å². The van der Waals surface area contributed by atoms with Gasteiger partial charge < -0.3 is 23.4 Å². The van der Waals surface area contributed by atoms with E-state index in [0.717, 1.165) is 31.4 Å². The first-order valence-electron chi connectivity index (χ1n) is 11.7. The van der Waals surface area contributed by atoms with Gasteiger partial charge in [0.25, 0.3) is 0 Å². The number of hydrogen-bond acceptors (Lipinski definition) is 5. The van der Waals surface area contributed by atoms with Crippen molar-refractivity contribution in [3.63, 3.8) is 0 Å². The van der Waals surface area contributed by atoms with Crippen molar-refractivity contribution in [3.05, 3.63) is 35.6 Å². The molecule has 4 atom stereocenters. The van der Waals surface area contributed by atoms with Crippen LogP contribution in [0.2, 0.25) is 18.1 Å². The van der Waals surface area contributed by atoms with Gasteiger partial charge in [0, 0.05) is 18.4 Å². The second kappa shape index (κ2) is 9.92. The van der Waals surface area contributed by atoms with Gasteiger partial charge >= 0.3 is 0 Å². The number of hydrogen-bond donors (Lipinski definition) is 0. The van der Waals surface area contributed by atoms with Crippen molar-refractivity contribution >= 4 is 8.32 Å². The maximum Gasteiger partial charge on any atom is 0.192 e. The Bertz CT molecular complexity index is 705. The van der Waals surface area contributed by atoms with Crippen LogP contribution in [0.5, 0.6) is 0 Å². The molecule has 0 aromatic heterocycles. The van der Waals surface area contributed by atoms with Gasteiger partial charge in [-0.15, -0.1) is 0 Å². The molecule has 3 aliphatic carbocycles. The third kappa shape index (κ3) is 5.36. The van der Waals surface area contributed by atoms with Crippen molar-refractivity contribution in [1.29, 1.82) is 0 Å². The molecule has 5 nitrogen and oxygen atoms in total. The molecule has 1 fully saturated rings. The third-order valence-corrected chi connectivity index (χ3v) is 12.1. The number of methoxy groups -OCH3 is 2. The van der Waals surface area contributed by atoms with E-state index in [1.807, 2.05) is 0 Å². The zero-order valence-corrected chi connectivity index (χ0v) is 21.5. The van der Waals surface area contributed by atoms with E-state index in [-0.39, 0.29) is 22.7 Å². The van der Waals surface area contributed by atoms with Gasteiger partial charge in [-0.3, -0.25) is 0 Å². The highest BCUT2D eigenvalue weighted by atomic mass is 28.4. The molecule has 1 spiro atoms. The fraction of sp³-hybridized carbons (Fsp3) is 0.760. The van der Waals surface area contributed by atoms with Crippen LogP contribution in [-0.4, -0.2) is 54.8 Å². The van der Waals surface area contributed by atoms with Crippen molar-refractivity contribution in [2.75, 3.05) is 34.2 Å². The van der Waals surface area contributed by atoms with Gasteiger partial charge in [-0.1, -0.05) is 38.5 Å². The lowest BCUT2D eigenvalue weighted by molar-refractivity contribution is -0.0936. The minimum Gasteiger partial charge on any atom is -0.497 e. The molecule has 0 aromatic carbocycles. The normalized spacial score (nSPS) is 30.9. The number of ether oxygens (including phenoxy) is 4. The Labute approximate surface area is 189 Å². The first kappa shape index (κ1) is 24.7. The van der Waals surface area contributed by atoms with Crippen LogP contribution in [0.25, 0.3) is 0 Å². The third-order valence-electron chi connectivity index (χ3n) is 7.64. The van der Waals surface area contributed by atoms with Crippen LogP contribution in [0.3, 0.4) is 0 Å². The van der Waals surface area contributed by atoms with E-state index in [1.54, 1.807) is 14.2 Å². The summed E-state index contributed by atoms with van der Waals surface area (Å²) in [5.41, 5.74) is 1.32. The minimum absolute atomic E-state index is 0.0869. The standard InChI is InChI=1S/C25H42O5Si/c1-24(2,3)31(6,7)30-23-19-8-10-20-16-21(29-18-28-15-14-26-4)12-13-25(20,23)17-22(27-5)11-9-19/h9,11,16-17,19,21,23H,8,10,12-15,18H2,1-7H3/t19-,21-,23-,25+/m0/s1. The molecule has 2 bridgehead atoms. The highest BCUT2D eigenvalue weighted by molar-refractivity contribution is 6.74. The Kier molecular flexibility index (Phi) is 7.91. The summed E-state index contributed by atoms with van der Waals surface area (Å²) in [7, 11) is 1.50. The Morgan fingerprint density at radius 1 is 1.13 bits per heavy atom. The van der Waals surface area contributed by atoms with Crippen LogP contribution in [0.15, 0.2) is 35.6 Å². The SMILES string of the molecule is COCCOCO[C@@H]1C=C2CC[C@H]3C=CC(OC)=C[C@@]2(CC1)[C@H]3O[Si](C)(C)C(C)(C)C.